The van der Waals surface area contributed by atoms with Crippen LogP contribution >= 0.6 is 0 Å². The van der Waals surface area contributed by atoms with E-state index in [4.69, 9.17) is 5.26 Å². The zero-order chi connectivity index (χ0) is 17.2. The molecule has 1 heterocycles. The Morgan fingerprint density at radius 3 is 2.57 bits per heavy atom. The van der Waals surface area contributed by atoms with Gasteiger partial charge in [0.05, 0.1) is 22.6 Å². The highest BCUT2D eigenvalue weighted by Gasteiger charge is 2.25. The molecule has 0 radical (unpaired) electrons. The molecule has 0 saturated heterocycles. The Kier molecular flexibility index (Phi) is 4.76. The van der Waals surface area contributed by atoms with Crippen LogP contribution < -0.4 is 4.72 Å². The molecule has 0 aliphatic carbocycles. The third kappa shape index (κ3) is 3.54. The fourth-order valence-corrected chi connectivity index (χ4v) is 3.95. The first-order chi connectivity index (χ1) is 10.8. The average molecular weight is 332 g/mol. The smallest absolute Gasteiger partial charge is 0.265 e. The zero-order valence-electron chi connectivity index (χ0n) is 13.7. The maximum absolute atomic E-state index is 12.7. The number of para-hydroxylation sites is 1. The van der Waals surface area contributed by atoms with Crippen LogP contribution in [0.4, 0.5) is 5.69 Å². The number of sulfonamides is 1. The number of aryl methyl sites for hydroxylation is 1. The second-order valence-corrected chi connectivity index (χ2v) is 7.46. The van der Waals surface area contributed by atoms with E-state index in [-0.39, 0.29) is 16.1 Å². The SMILES string of the molecule is Cc1nn(CC(C)C)c(C)c1S(=O)(=O)Nc1ccccc1C#N. The third-order valence-corrected chi connectivity index (χ3v) is 5.03. The van der Waals surface area contributed by atoms with Gasteiger partial charge >= 0.3 is 0 Å². The van der Waals surface area contributed by atoms with Crippen molar-refractivity contribution in [1.82, 2.24) is 9.78 Å². The first-order valence-electron chi connectivity index (χ1n) is 7.32. The summed E-state index contributed by atoms with van der Waals surface area (Å²) in [7, 11) is -3.81. The Hall–Kier alpha value is -2.33. The summed E-state index contributed by atoms with van der Waals surface area (Å²) in [6.07, 6.45) is 0. The van der Waals surface area contributed by atoms with Crippen molar-refractivity contribution in [3.05, 3.63) is 41.2 Å². The Morgan fingerprint density at radius 2 is 1.96 bits per heavy atom. The molecular formula is C16H20N4O2S. The molecule has 23 heavy (non-hydrogen) atoms. The first-order valence-corrected chi connectivity index (χ1v) is 8.80. The van der Waals surface area contributed by atoms with Gasteiger partial charge in [-0.2, -0.15) is 10.4 Å². The van der Waals surface area contributed by atoms with Crippen LogP contribution in [-0.2, 0) is 16.6 Å². The van der Waals surface area contributed by atoms with Crippen molar-refractivity contribution < 1.29 is 8.42 Å². The zero-order valence-corrected chi connectivity index (χ0v) is 14.5. The lowest BCUT2D eigenvalue weighted by molar-refractivity contribution is 0.472. The maximum atomic E-state index is 12.7. The van der Waals surface area contributed by atoms with Crippen molar-refractivity contribution >= 4 is 15.7 Å². The standard InChI is InChI=1S/C16H20N4O2S/c1-11(2)10-20-13(4)16(12(3)18-20)23(21,22)19-15-8-6-5-7-14(15)9-17/h5-8,11,19H,10H2,1-4H3. The van der Waals surface area contributed by atoms with Crippen LogP contribution in [0.1, 0.15) is 30.8 Å². The summed E-state index contributed by atoms with van der Waals surface area (Å²) >= 11 is 0. The van der Waals surface area contributed by atoms with Crippen molar-refractivity contribution in [1.29, 1.82) is 5.26 Å². The van der Waals surface area contributed by atoms with Gasteiger partial charge in [-0.15, -0.1) is 0 Å². The molecule has 122 valence electrons. The minimum atomic E-state index is -3.81. The van der Waals surface area contributed by atoms with Gasteiger partial charge in [-0.25, -0.2) is 8.42 Å². The fourth-order valence-electron chi connectivity index (χ4n) is 2.46. The van der Waals surface area contributed by atoms with E-state index in [1.165, 1.54) is 0 Å². The molecule has 0 aliphatic heterocycles. The molecule has 0 atom stereocenters. The lowest BCUT2D eigenvalue weighted by atomic mass is 10.2. The van der Waals surface area contributed by atoms with Gasteiger partial charge in [-0.1, -0.05) is 26.0 Å². The highest BCUT2D eigenvalue weighted by molar-refractivity contribution is 7.92. The second kappa shape index (κ2) is 6.42. The van der Waals surface area contributed by atoms with E-state index in [1.807, 2.05) is 19.9 Å². The number of anilines is 1. The first kappa shape index (κ1) is 17.0. The third-order valence-electron chi connectivity index (χ3n) is 3.41. The predicted molar refractivity (Wildman–Crippen MR) is 88.5 cm³/mol. The average Bonchev–Trinajstić information content (AvgIpc) is 2.73. The van der Waals surface area contributed by atoms with Crippen molar-refractivity contribution in [2.75, 3.05) is 4.72 Å². The van der Waals surface area contributed by atoms with E-state index in [1.54, 1.807) is 42.8 Å². The van der Waals surface area contributed by atoms with E-state index in [0.717, 1.165) is 0 Å². The molecule has 0 aliphatic rings. The summed E-state index contributed by atoms with van der Waals surface area (Å²) in [5.74, 6) is 0.357. The summed E-state index contributed by atoms with van der Waals surface area (Å²) in [5, 5.41) is 13.4. The summed E-state index contributed by atoms with van der Waals surface area (Å²) in [5.41, 5.74) is 1.59. The molecule has 6 nitrogen and oxygen atoms in total. The minimum Gasteiger partial charge on any atom is -0.278 e. The van der Waals surface area contributed by atoms with Gasteiger partial charge in [-0.05, 0) is 31.9 Å². The number of hydrogen-bond acceptors (Lipinski definition) is 4. The minimum absolute atomic E-state index is 0.172. The quantitative estimate of drug-likeness (QED) is 0.912. The van der Waals surface area contributed by atoms with Crippen molar-refractivity contribution in [3.63, 3.8) is 0 Å². The van der Waals surface area contributed by atoms with Gasteiger partial charge in [0.25, 0.3) is 10.0 Å². The summed E-state index contributed by atoms with van der Waals surface area (Å²) < 4.78 is 29.7. The van der Waals surface area contributed by atoms with Gasteiger partial charge in [0.2, 0.25) is 0 Å². The molecule has 0 bridgehead atoms. The van der Waals surface area contributed by atoms with Crippen LogP contribution in [0.5, 0.6) is 0 Å². The van der Waals surface area contributed by atoms with E-state index in [2.05, 4.69) is 9.82 Å². The normalized spacial score (nSPS) is 11.5. The van der Waals surface area contributed by atoms with E-state index < -0.39 is 10.0 Å². The molecule has 7 heteroatoms. The maximum Gasteiger partial charge on any atom is 0.265 e. The topological polar surface area (TPSA) is 87.8 Å². The summed E-state index contributed by atoms with van der Waals surface area (Å²) in [6, 6.07) is 8.49. The number of hydrogen-bond donors (Lipinski definition) is 1. The van der Waals surface area contributed by atoms with Crippen LogP contribution in [0.2, 0.25) is 0 Å². The van der Waals surface area contributed by atoms with Crippen LogP contribution in [-0.4, -0.2) is 18.2 Å². The van der Waals surface area contributed by atoms with Crippen LogP contribution in [0, 0.1) is 31.1 Å². The highest BCUT2D eigenvalue weighted by atomic mass is 32.2. The Balaban J connectivity index is 2.45. The molecule has 1 N–H and O–H groups in total. The monoisotopic (exact) mass is 332 g/mol. The van der Waals surface area contributed by atoms with Crippen molar-refractivity contribution in [3.8, 4) is 6.07 Å². The molecule has 1 aromatic heterocycles. The molecule has 2 aromatic rings. The Labute approximate surface area is 136 Å². The predicted octanol–water partition coefficient (Wildman–Crippen LogP) is 2.83. The van der Waals surface area contributed by atoms with Crippen LogP contribution in [0.3, 0.4) is 0 Å². The molecule has 0 amide bonds. The van der Waals surface area contributed by atoms with E-state index in [0.29, 0.717) is 23.9 Å². The van der Waals surface area contributed by atoms with Crippen LogP contribution in [0.25, 0.3) is 0 Å². The number of rotatable bonds is 5. The molecule has 0 saturated carbocycles. The highest BCUT2D eigenvalue weighted by Crippen LogP contribution is 2.24. The van der Waals surface area contributed by atoms with Gasteiger partial charge in [-0.3, -0.25) is 9.40 Å². The lowest BCUT2D eigenvalue weighted by Crippen LogP contribution is -2.16. The summed E-state index contributed by atoms with van der Waals surface area (Å²) in [4.78, 5) is 0.172. The fraction of sp³-hybridized carbons (Fsp3) is 0.375. The molecule has 0 fully saturated rings. The van der Waals surface area contributed by atoms with Gasteiger partial charge in [0, 0.05) is 6.54 Å². The van der Waals surface area contributed by atoms with Gasteiger partial charge in [0.15, 0.2) is 0 Å². The second-order valence-electron chi connectivity index (χ2n) is 5.84. The summed E-state index contributed by atoms with van der Waals surface area (Å²) in [6.45, 7) is 8.16. The Bertz CT molecular complexity index is 861. The van der Waals surface area contributed by atoms with Gasteiger partial charge in [0.1, 0.15) is 11.0 Å². The van der Waals surface area contributed by atoms with Crippen molar-refractivity contribution in [2.24, 2.45) is 5.92 Å². The number of nitrogens with one attached hydrogen (secondary N) is 1. The number of aromatic nitrogens is 2. The number of nitriles is 1. The molecule has 1 aromatic carbocycles. The molecule has 0 unspecified atom stereocenters. The lowest BCUT2D eigenvalue weighted by Gasteiger charge is -2.11. The van der Waals surface area contributed by atoms with E-state index in [9.17, 15) is 8.42 Å². The molecule has 2 rings (SSSR count). The molecule has 0 spiro atoms. The van der Waals surface area contributed by atoms with Gasteiger partial charge < -0.3 is 0 Å². The number of nitrogens with zero attached hydrogens (tertiary/aromatic N) is 3. The molecular weight excluding hydrogens is 312 g/mol. The number of benzene rings is 1. The largest absolute Gasteiger partial charge is 0.278 e. The Morgan fingerprint density at radius 1 is 1.30 bits per heavy atom. The van der Waals surface area contributed by atoms with E-state index >= 15 is 0 Å². The van der Waals surface area contributed by atoms with Crippen LogP contribution in [0.15, 0.2) is 29.2 Å². The van der Waals surface area contributed by atoms with Crippen molar-refractivity contribution in [2.45, 2.75) is 39.1 Å².